The highest BCUT2D eigenvalue weighted by Gasteiger charge is 2.18. The van der Waals surface area contributed by atoms with E-state index in [0.29, 0.717) is 15.6 Å². The van der Waals surface area contributed by atoms with E-state index in [0.717, 1.165) is 15.0 Å². The molecule has 0 aliphatic heterocycles. The quantitative estimate of drug-likeness (QED) is 0.375. The Kier molecular flexibility index (Phi) is 4.05. The van der Waals surface area contributed by atoms with Crippen molar-refractivity contribution >= 4 is 56.0 Å². The van der Waals surface area contributed by atoms with Crippen molar-refractivity contribution in [3.05, 3.63) is 56.6 Å². The number of carbonyl (C=O) groups is 1. The Labute approximate surface area is 134 Å². The predicted octanol–water partition coefficient (Wildman–Crippen LogP) is 5.20. The average molecular weight is 336 g/mol. The Morgan fingerprint density at radius 1 is 1.24 bits per heavy atom. The van der Waals surface area contributed by atoms with Crippen molar-refractivity contribution < 1.29 is 9.63 Å². The Hall–Kier alpha value is -1.69. The summed E-state index contributed by atoms with van der Waals surface area (Å²) in [6, 6.07) is 11.4. The molecule has 0 saturated carbocycles. The molecular weight excluding hydrogens is 326 g/mol. The summed E-state index contributed by atoms with van der Waals surface area (Å²) in [4.78, 5) is 18.5. The van der Waals surface area contributed by atoms with E-state index in [4.69, 9.17) is 16.4 Å². The van der Waals surface area contributed by atoms with Gasteiger partial charge in [0.1, 0.15) is 4.88 Å². The minimum absolute atomic E-state index is 0.376. The first-order chi connectivity index (χ1) is 10.2. The molecule has 0 fully saturated rings. The van der Waals surface area contributed by atoms with Crippen molar-refractivity contribution in [1.29, 1.82) is 0 Å². The van der Waals surface area contributed by atoms with E-state index in [9.17, 15) is 4.79 Å². The minimum Gasteiger partial charge on any atom is -0.312 e. The summed E-state index contributed by atoms with van der Waals surface area (Å²) >= 11 is 9.08. The summed E-state index contributed by atoms with van der Waals surface area (Å²) in [7, 11) is 0. The van der Waals surface area contributed by atoms with Crippen molar-refractivity contribution in [2.24, 2.45) is 5.16 Å². The highest BCUT2D eigenvalue weighted by Crippen LogP contribution is 2.35. The van der Waals surface area contributed by atoms with E-state index in [1.807, 2.05) is 41.8 Å². The molecule has 0 amide bonds. The SMILES string of the molecule is C/C(=N\OC(=O)c1sc2ccccc2c1Cl)c1cccs1. The molecule has 3 nitrogen and oxygen atoms in total. The minimum atomic E-state index is -0.530. The molecule has 21 heavy (non-hydrogen) atoms. The van der Waals surface area contributed by atoms with E-state index in [-0.39, 0.29) is 0 Å². The monoisotopic (exact) mass is 335 g/mol. The zero-order valence-electron chi connectivity index (χ0n) is 11.0. The first-order valence-electron chi connectivity index (χ1n) is 6.13. The number of nitrogens with zero attached hydrogens (tertiary/aromatic N) is 1. The van der Waals surface area contributed by atoms with Gasteiger partial charge in [0, 0.05) is 10.1 Å². The van der Waals surface area contributed by atoms with Gasteiger partial charge in [-0.3, -0.25) is 0 Å². The first-order valence-corrected chi connectivity index (χ1v) is 8.21. The van der Waals surface area contributed by atoms with Gasteiger partial charge in [0.05, 0.1) is 15.6 Å². The maximum Gasteiger partial charge on any atom is 0.377 e. The zero-order chi connectivity index (χ0) is 14.8. The molecule has 6 heteroatoms. The van der Waals surface area contributed by atoms with E-state index in [1.54, 1.807) is 6.92 Å². The van der Waals surface area contributed by atoms with Crippen LogP contribution in [0.1, 0.15) is 21.5 Å². The third kappa shape index (κ3) is 2.85. The van der Waals surface area contributed by atoms with Crippen molar-refractivity contribution in [1.82, 2.24) is 0 Å². The summed E-state index contributed by atoms with van der Waals surface area (Å²) in [5.41, 5.74) is 0.663. The summed E-state index contributed by atoms with van der Waals surface area (Å²) < 4.78 is 0.952. The normalized spacial score (nSPS) is 11.8. The molecule has 0 radical (unpaired) electrons. The Bertz CT molecular complexity index is 821. The van der Waals surface area contributed by atoms with E-state index >= 15 is 0 Å². The van der Waals surface area contributed by atoms with Gasteiger partial charge in [-0.05, 0) is 24.4 Å². The molecule has 2 heterocycles. The van der Waals surface area contributed by atoms with Crippen LogP contribution < -0.4 is 0 Å². The van der Waals surface area contributed by atoms with Gasteiger partial charge in [-0.2, -0.15) is 0 Å². The van der Waals surface area contributed by atoms with Crippen LogP contribution in [0.25, 0.3) is 10.1 Å². The molecule has 0 aliphatic rings. The van der Waals surface area contributed by atoms with Crippen molar-refractivity contribution in [2.75, 3.05) is 0 Å². The van der Waals surface area contributed by atoms with Gasteiger partial charge < -0.3 is 4.84 Å². The van der Waals surface area contributed by atoms with Crippen LogP contribution in [-0.4, -0.2) is 11.7 Å². The van der Waals surface area contributed by atoms with Crippen molar-refractivity contribution in [3.8, 4) is 0 Å². The Morgan fingerprint density at radius 2 is 2.05 bits per heavy atom. The Balaban J connectivity index is 1.84. The van der Waals surface area contributed by atoms with Crippen molar-refractivity contribution in [3.63, 3.8) is 0 Å². The molecule has 0 unspecified atom stereocenters. The van der Waals surface area contributed by atoms with E-state index < -0.39 is 5.97 Å². The van der Waals surface area contributed by atoms with Gasteiger partial charge in [0.2, 0.25) is 0 Å². The number of benzene rings is 1. The number of hydrogen-bond donors (Lipinski definition) is 0. The number of thiophene rings is 2. The van der Waals surface area contributed by atoms with Gasteiger partial charge >= 0.3 is 5.97 Å². The number of oxime groups is 1. The molecule has 0 N–H and O–H groups in total. The second-order valence-corrected chi connectivity index (χ2v) is 6.65. The van der Waals surface area contributed by atoms with Crippen LogP contribution in [0.15, 0.2) is 46.9 Å². The molecule has 1 aromatic carbocycles. The zero-order valence-corrected chi connectivity index (χ0v) is 13.4. The van der Waals surface area contributed by atoms with Gasteiger partial charge in [0.25, 0.3) is 0 Å². The lowest BCUT2D eigenvalue weighted by Gasteiger charge is -1.97. The number of halogens is 1. The van der Waals surface area contributed by atoms with Gasteiger partial charge in [0.15, 0.2) is 0 Å². The maximum absolute atomic E-state index is 12.1. The molecule has 0 saturated heterocycles. The second kappa shape index (κ2) is 5.97. The van der Waals surface area contributed by atoms with Crippen LogP contribution in [0.3, 0.4) is 0 Å². The molecule has 2 aromatic heterocycles. The maximum atomic E-state index is 12.1. The molecule has 0 atom stereocenters. The number of rotatable bonds is 3. The van der Waals surface area contributed by atoms with Gasteiger partial charge in [-0.25, -0.2) is 4.79 Å². The highest BCUT2D eigenvalue weighted by molar-refractivity contribution is 7.21. The molecule has 0 aliphatic carbocycles. The smallest absolute Gasteiger partial charge is 0.312 e. The third-order valence-corrected chi connectivity index (χ3v) is 5.50. The van der Waals surface area contributed by atoms with Crippen LogP contribution in [0.2, 0.25) is 5.02 Å². The lowest BCUT2D eigenvalue weighted by Crippen LogP contribution is -2.01. The van der Waals surface area contributed by atoms with Gasteiger partial charge in [-0.1, -0.05) is 41.0 Å². The molecular formula is C15H10ClNO2S2. The van der Waals surface area contributed by atoms with Crippen LogP contribution in [0, 0.1) is 0 Å². The van der Waals surface area contributed by atoms with Crippen LogP contribution >= 0.6 is 34.3 Å². The summed E-state index contributed by atoms with van der Waals surface area (Å²) in [5.74, 6) is -0.530. The van der Waals surface area contributed by atoms with E-state index in [1.165, 1.54) is 22.7 Å². The lowest BCUT2D eigenvalue weighted by atomic mass is 10.2. The second-order valence-electron chi connectivity index (χ2n) is 4.27. The lowest BCUT2D eigenvalue weighted by molar-refractivity contribution is 0.0522. The van der Waals surface area contributed by atoms with Crippen molar-refractivity contribution in [2.45, 2.75) is 6.92 Å². The fourth-order valence-electron chi connectivity index (χ4n) is 1.83. The van der Waals surface area contributed by atoms with Crippen LogP contribution in [0.5, 0.6) is 0 Å². The predicted molar refractivity (Wildman–Crippen MR) is 88.8 cm³/mol. The fraction of sp³-hybridized carbons (Fsp3) is 0.0667. The highest BCUT2D eigenvalue weighted by atomic mass is 35.5. The first kappa shape index (κ1) is 14.3. The standard InChI is InChI=1S/C15H10ClNO2S2/c1-9(11-7-4-8-20-11)17-19-15(18)14-13(16)10-5-2-3-6-12(10)21-14/h2-8H,1H3/b17-9+. The topological polar surface area (TPSA) is 38.7 Å². The number of carbonyl (C=O) groups excluding carboxylic acids is 1. The molecule has 3 rings (SSSR count). The fourth-order valence-corrected chi connectivity index (χ4v) is 3.88. The van der Waals surface area contributed by atoms with Gasteiger partial charge in [-0.15, -0.1) is 22.7 Å². The Morgan fingerprint density at radius 3 is 2.76 bits per heavy atom. The van der Waals surface area contributed by atoms with Crippen LogP contribution in [0.4, 0.5) is 0 Å². The third-order valence-electron chi connectivity index (χ3n) is 2.86. The molecule has 106 valence electrons. The summed E-state index contributed by atoms with van der Waals surface area (Å²) in [6.07, 6.45) is 0. The largest absolute Gasteiger partial charge is 0.377 e. The summed E-state index contributed by atoms with van der Waals surface area (Å²) in [6.45, 7) is 1.80. The van der Waals surface area contributed by atoms with Crippen LogP contribution in [-0.2, 0) is 4.84 Å². The molecule has 0 spiro atoms. The van der Waals surface area contributed by atoms with E-state index in [2.05, 4.69) is 5.16 Å². The number of fused-ring (bicyclic) bond motifs is 1. The average Bonchev–Trinajstić information content (AvgIpc) is 3.13. The number of hydrogen-bond acceptors (Lipinski definition) is 5. The summed E-state index contributed by atoms with van der Waals surface area (Å²) in [5, 5.41) is 7.10. The molecule has 3 aromatic rings. The molecule has 0 bridgehead atoms.